The summed E-state index contributed by atoms with van der Waals surface area (Å²) < 4.78 is 35.4. The van der Waals surface area contributed by atoms with Gasteiger partial charge in [-0.2, -0.15) is 4.98 Å². The van der Waals surface area contributed by atoms with Crippen molar-refractivity contribution in [3.63, 3.8) is 0 Å². The van der Waals surface area contributed by atoms with E-state index < -0.39 is 11.6 Å². The lowest BCUT2D eigenvalue weighted by molar-refractivity contribution is -0.00778. The lowest BCUT2D eigenvalue weighted by Gasteiger charge is -2.53. The van der Waals surface area contributed by atoms with Gasteiger partial charge in [0.2, 0.25) is 5.95 Å². The number of nitrogens with one attached hydrogen (secondary N) is 2. The zero-order valence-electron chi connectivity index (χ0n) is 23.2. The molecule has 204 valence electrons. The maximum Gasteiger partial charge on any atom is 0.229 e. The second-order valence-corrected chi connectivity index (χ2v) is 12.0. The van der Waals surface area contributed by atoms with Gasteiger partial charge in [-0.25, -0.2) is 13.8 Å². The summed E-state index contributed by atoms with van der Waals surface area (Å²) in [6.07, 6.45) is 4.60. The number of benzene rings is 1. The molecule has 2 aromatic rings. The standard InChI is InChI=1S/C28H42F2N6O/c1-18(2)36-12-10-21(11-13-36)37-24-9-8-19(14-22(24)29)33-26-31-17-23(30)25(34-26)32-20-15-27(3,4)35(7)28(5,6)16-20/h8-9,14,17-18,20-21H,10-13,15-16H2,1-7H3,(H2,31,32,33,34). The molecule has 2 N–H and O–H groups in total. The number of likely N-dealkylation sites (tertiary alicyclic amines) is 2. The molecule has 0 aliphatic carbocycles. The Hall–Kier alpha value is -2.52. The maximum atomic E-state index is 14.8. The zero-order valence-corrected chi connectivity index (χ0v) is 23.2. The van der Waals surface area contributed by atoms with Gasteiger partial charge in [-0.15, -0.1) is 0 Å². The average Bonchev–Trinajstić information content (AvgIpc) is 2.81. The second kappa shape index (κ2) is 10.7. The van der Waals surface area contributed by atoms with Gasteiger partial charge in [0.05, 0.1) is 6.20 Å². The van der Waals surface area contributed by atoms with Gasteiger partial charge < -0.3 is 20.3 Å². The van der Waals surface area contributed by atoms with Crippen molar-refractivity contribution in [2.75, 3.05) is 30.8 Å². The minimum Gasteiger partial charge on any atom is -0.487 e. The van der Waals surface area contributed by atoms with E-state index >= 15 is 0 Å². The molecule has 0 spiro atoms. The Kier molecular flexibility index (Phi) is 7.95. The predicted octanol–water partition coefficient (Wildman–Crippen LogP) is 5.81. The molecule has 4 rings (SSSR count). The number of ether oxygens (including phenoxy) is 1. The summed E-state index contributed by atoms with van der Waals surface area (Å²) >= 11 is 0. The lowest BCUT2D eigenvalue weighted by atomic mass is 9.77. The number of halogens is 2. The first-order valence-electron chi connectivity index (χ1n) is 13.3. The molecule has 1 aromatic heterocycles. The lowest BCUT2D eigenvalue weighted by Crippen LogP contribution is -2.61. The normalized spacial score (nSPS) is 21.2. The summed E-state index contributed by atoms with van der Waals surface area (Å²) in [4.78, 5) is 13.2. The van der Waals surface area contributed by atoms with Crippen molar-refractivity contribution in [1.82, 2.24) is 19.8 Å². The van der Waals surface area contributed by atoms with Gasteiger partial charge in [-0.3, -0.25) is 4.90 Å². The van der Waals surface area contributed by atoms with Gasteiger partial charge >= 0.3 is 0 Å². The summed E-state index contributed by atoms with van der Waals surface area (Å²) in [6, 6.07) is 5.28. The fourth-order valence-corrected chi connectivity index (χ4v) is 5.69. The molecule has 2 fully saturated rings. The number of hydrogen-bond donors (Lipinski definition) is 2. The van der Waals surface area contributed by atoms with Crippen molar-refractivity contribution in [2.45, 2.75) is 96.5 Å². The molecule has 0 amide bonds. The third kappa shape index (κ3) is 6.49. The van der Waals surface area contributed by atoms with Crippen molar-refractivity contribution >= 4 is 17.5 Å². The number of rotatable bonds is 7. The van der Waals surface area contributed by atoms with E-state index in [1.807, 2.05) is 0 Å². The zero-order chi connectivity index (χ0) is 27.0. The Balaban J connectivity index is 1.40. The van der Waals surface area contributed by atoms with Crippen LogP contribution in [0.15, 0.2) is 24.4 Å². The van der Waals surface area contributed by atoms with E-state index in [4.69, 9.17) is 4.74 Å². The molecular weight excluding hydrogens is 474 g/mol. The molecule has 2 aliphatic rings. The molecule has 0 radical (unpaired) electrons. The fraction of sp³-hybridized carbons (Fsp3) is 0.643. The Morgan fingerprint density at radius 3 is 2.27 bits per heavy atom. The first-order valence-corrected chi connectivity index (χ1v) is 13.3. The molecule has 9 heteroatoms. The molecule has 7 nitrogen and oxygen atoms in total. The van der Waals surface area contributed by atoms with E-state index in [1.54, 1.807) is 12.1 Å². The molecule has 0 unspecified atom stereocenters. The summed E-state index contributed by atoms with van der Waals surface area (Å²) in [6.45, 7) is 15.1. The predicted molar refractivity (Wildman–Crippen MR) is 145 cm³/mol. The average molecular weight is 517 g/mol. The molecule has 2 aliphatic heterocycles. The quantitative estimate of drug-likeness (QED) is 0.481. The highest BCUT2D eigenvalue weighted by Gasteiger charge is 2.43. The largest absolute Gasteiger partial charge is 0.487 e. The van der Waals surface area contributed by atoms with Crippen molar-refractivity contribution < 1.29 is 13.5 Å². The van der Waals surface area contributed by atoms with Crippen LogP contribution in [0, 0.1) is 11.6 Å². The smallest absolute Gasteiger partial charge is 0.229 e. The first kappa shape index (κ1) is 27.5. The molecule has 0 bridgehead atoms. The van der Waals surface area contributed by atoms with E-state index in [-0.39, 0.29) is 40.7 Å². The van der Waals surface area contributed by atoms with Crippen LogP contribution in [0.4, 0.5) is 26.2 Å². The van der Waals surface area contributed by atoms with E-state index in [1.165, 1.54) is 6.07 Å². The molecule has 1 aromatic carbocycles. The van der Waals surface area contributed by atoms with Crippen LogP contribution in [0.25, 0.3) is 0 Å². The van der Waals surface area contributed by atoms with Crippen molar-refractivity contribution in [2.24, 2.45) is 0 Å². The third-order valence-electron chi connectivity index (χ3n) is 8.08. The van der Waals surface area contributed by atoms with Gasteiger partial charge in [0.25, 0.3) is 0 Å². The summed E-state index contributed by atoms with van der Waals surface area (Å²) in [7, 11) is 2.13. The monoisotopic (exact) mass is 516 g/mol. The molecule has 3 heterocycles. The summed E-state index contributed by atoms with van der Waals surface area (Å²) in [5.41, 5.74) is 0.381. The van der Waals surface area contributed by atoms with E-state index in [0.717, 1.165) is 45.0 Å². The molecule has 0 atom stereocenters. The van der Waals surface area contributed by atoms with Crippen LogP contribution in [-0.4, -0.2) is 69.2 Å². The van der Waals surface area contributed by atoms with Crippen LogP contribution in [0.2, 0.25) is 0 Å². The van der Waals surface area contributed by atoms with Gasteiger partial charge in [-0.05, 0) is 86.4 Å². The number of piperidine rings is 2. The molecule has 37 heavy (non-hydrogen) atoms. The van der Waals surface area contributed by atoms with E-state index in [2.05, 4.69) is 79.0 Å². The minimum atomic E-state index is -0.515. The van der Waals surface area contributed by atoms with Gasteiger partial charge in [0, 0.05) is 48.0 Å². The number of nitrogens with zero attached hydrogens (tertiary/aromatic N) is 4. The van der Waals surface area contributed by atoms with E-state index in [9.17, 15) is 8.78 Å². The highest BCUT2D eigenvalue weighted by atomic mass is 19.1. The number of aromatic nitrogens is 2. The molecular formula is C28H42F2N6O. The summed E-state index contributed by atoms with van der Waals surface area (Å²) in [5.74, 6) is -0.384. The van der Waals surface area contributed by atoms with Crippen LogP contribution in [0.5, 0.6) is 5.75 Å². The minimum absolute atomic E-state index is 0.00639. The fourth-order valence-electron chi connectivity index (χ4n) is 5.69. The van der Waals surface area contributed by atoms with Gasteiger partial charge in [-0.1, -0.05) is 0 Å². The van der Waals surface area contributed by atoms with Crippen LogP contribution in [0.3, 0.4) is 0 Å². The second-order valence-electron chi connectivity index (χ2n) is 12.0. The van der Waals surface area contributed by atoms with Gasteiger partial charge in [0.1, 0.15) is 6.10 Å². The highest BCUT2D eigenvalue weighted by molar-refractivity contribution is 5.56. The molecule has 2 saturated heterocycles. The van der Waals surface area contributed by atoms with Crippen LogP contribution in [-0.2, 0) is 0 Å². The van der Waals surface area contributed by atoms with Crippen LogP contribution < -0.4 is 15.4 Å². The molecule has 0 saturated carbocycles. The number of anilines is 3. The van der Waals surface area contributed by atoms with Crippen LogP contribution in [0.1, 0.15) is 67.2 Å². The van der Waals surface area contributed by atoms with Crippen LogP contribution >= 0.6 is 0 Å². The van der Waals surface area contributed by atoms with Crippen molar-refractivity contribution in [1.29, 1.82) is 0 Å². The summed E-state index contributed by atoms with van der Waals surface area (Å²) in [5, 5.41) is 6.29. The Labute approximate surface area is 220 Å². The first-order chi connectivity index (χ1) is 17.3. The maximum absolute atomic E-state index is 14.8. The Bertz CT molecular complexity index is 1070. The Morgan fingerprint density at radius 2 is 1.68 bits per heavy atom. The van der Waals surface area contributed by atoms with Crippen molar-refractivity contribution in [3.8, 4) is 5.75 Å². The van der Waals surface area contributed by atoms with Gasteiger partial charge in [0.15, 0.2) is 23.2 Å². The van der Waals surface area contributed by atoms with Crippen molar-refractivity contribution in [3.05, 3.63) is 36.0 Å². The van der Waals surface area contributed by atoms with E-state index in [0.29, 0.717) is 11.7 Å². The topological polar surface area (TPSA) is 65.6 Å². The number of hydrogen-bond acceptors (Lipinski definition) is 7. The third-order valence-corrected chi connectivity index (χ3v) is 8.08. The highest BCUT2D eigenvalue weighted by Crippen LogP contribution is 2.38. The Morgan fingerprint density at radius 1 is 1.03 bits per heavy atom. The SMILES string of the molecule is CC(C)N1CCC(Oc2ccc(Nc3ncc(F)c(NC4CC(C)(C)N(C)C(C)(C)C4)n3)cc2F)CC1.